The lowest BCUT2D eigenvalue weighted by Crippen LogP contribution is -2.36. The van der Waals surface area contributed by atoms with Gasteiger partial charge in [0.2, 0.25) is 0 Å². The second kappa shape index (κ2) is 4.34. The Bertz CT molecular complexity index is 888. The van der Waals surface area contributed by atoms with Crippen LogP contribution < -0.4 is 5.69 Å². The minimum atomic E-state index is -0.306. The zero-order chi connectivity index (χ0) is 14.4. The van der Waals surface area contributed by atoms with Crippen molar-refractivity contribution in [2.24, 2.45) is 0 Å². The zero-order valence-electron chi connectivity index (χ0n) is 11.1. The molecule has 1 aliphatic rings. The number of aromatic amines is 3. The van der Waals surface area contributed by atoms with Crippen molar-refractivity contribution in [3.05, 3.63) is 52.0 Å². The Hall–Kier alpha value is -2.83. The Morgan fingerprint density at radius 1 is 1.29 bits per heavy atom. The van der Waals surface area contributed by atoms with Crippen LogP contribution in [0.2, 0.25) is 0 Å². The normalized spacial score (nSPS) is 14.4. The standard InChI is InChI=1S/C14H13N5O2/c20-13(19-5-4-9-11(6-19)16-7-15-9)8-2-1-3-10-12(8)18-14(21)17-10/h1-3,7H,4-6H2,(H,15,16)(H2,17,18,21). The highest BCUT2D eigenvalue weighted by Gasteiger charge is 2.24. The van der Waals surface area contributed by atoms with E-state index in [0.717, 1.165) is 17.8 Å². The summed E-state index contributed by atoms with van der Waals surface area (Å²) in [5.41, 5.74) is 3.40. The summed E-state index contributed by atoms with van der Waals surface area (Å²) in [6.45, 7) is 1.14. The molecule has 0 spiro atoms. The van der Waals surface area contributed by atoms with Gasteiger partial charge in [-0.05, 0) is 12.1 Å². The molecule has 0 saturated heterocycles. The second-order valence-corrected chi connectivity index (χ2v) is 5.11. The Balaban J connectivity index is 1.73. The Morgan fingerprint density at radius 3 is 3.10 bits per heavy atom. The van der Waals surface area contributed by atoms with Crippen LogP contribution in [0.15, 0.2) is 29.3 Å². The monoisotopic (exact) mass is 283 g/mol. The molecule has 0 radical (unpaired) electrons. The van der Waals surface area contributed by atoms with Crippen LogP contribution in [0.25, 0.3) is 11.0 Å². The van der Waals surface area contributed by atoms with Crippen molar-refractivity contribution in [2.45, 2.75) is 13.0 Å². The molecule has 3 N–H and O–H groups in total. The van der Waals surface area contributed by atoms with Crippen LogP contribution in [0.1, 0.15) is 21.7 Å². The van der Waals surface area contributed by atoms with Gasteiger partial charge in [-0.25, -0.2) is 9.78 Å². The predicted octanol–water partition coefficient (Wildman–Crippen LogP) is 0.778. The first kappa shape index (κ1) is 12.0. The van der Waals surface area contributed by atoms with E-state index in [1.54, 1.807) is 29.4 Å². The molecule has 0 bridgehead atoms. The van der Waals surface area contributed by atoms with Crippen molar-refractivity contribution in [1.29, 1.82) is 0 Å². The maximum absolute atomic E-state index is 12.7. The zero-order valence-corrected chi connectivity index (χ0v) is 11.1. The number of nitrogens with one attached hydrogen (secondary N) is 3. The average molecular weight is 283 g/mol. The van der Waals surface area contributed by atoms with E-state index < -0.39 is 0 Å². The summed E-state index contributed by atoms with van der Waals surface area (Å²) in [5, 5.41) is 0. The number of hydrogen-bond acceptors (Lipinski definition) is 3. The number of hydrogen-bond donors (Lipinski definition) is 3. The number of carbonyl (C=O) groups is 1. The maximum atomic E-state index is 12.7. The minimum absolute atomic E-state index is 0.0869. The molecule has 21 heavy (non-hydrogen) atoms. The SMILES string of the molecule is O=C(c1cccc2[nH]c(=O)[nH]c12)N1CCc2nc[nH]c2C1. The summed E-state index contributed by atoms with van der Waals surface area (Å²) in [4.78, 5) is 38.5. The number of amides is 1. The summed E-state index contributed by atoms with van der Waals surface area (Å²) < 4.78 is 0. The van der Waals surface area contributed by atoms with E-state index in [1.165, 1.54) is 0 Å². The topological polar surface area (TPSA) is 97.6 Å². The summed E-state index contributed by atoms with van der Waals surface area (Å²) in [7, 11) is 0. The maximum Gasteiger partial charge on any atom is 0.323 e. The number of imidazole rings is 2. The molecule has 1 aliphatic heterocycles. The van der Waals surface area contributed by atoms with Crippen LogP contribution in [0.5, 0.6) is 0 Å². The van der Waals surface area contributed by atoms with Crippen LogP contribution in [0, 0.1) is 0 Å². The van der Waals surface area contributed by atoms with Gasteiger partial charge in [0.05, 0.1) is 40.9 Å². The first-order chi connectivity index (χ1) is 10.2. The van der Waals surface area contributed by atoms with Crippen LogP contribution in [0.4, 0.5) is 0 Å². The molecule has 1 aromatic carbocycles. The van der Waals surface area contributed by atoms with Gasteiger partial charge in [0, 0.05) is 13.0 Å². The number of para-hydroxylation sites is 1. The fourth-order valence-electron chi connectivity index (χ4n) is 2.79. The Labute approximate surface area is 119 Å². The van der Waals surface area contributed by atoms with Crippen LogP contribution in [-0.4, -0.2) is 37.3 Å². The second-order valence-electron chi connectivity index (χ2n) is 5.11. The van der Waals surface area contributed by atoms with Crippen LogP contribution >= 0.6 is 0 Å². The van der Waals surface area contributed by atoms with E-state index in [-0.39, 0.29) is 11.6 Å². The van der Waals surface area contributed by atoms with Gasteiger partial charge in [0.25, 0.3) is 5.91 Å². The van der Waals surface area contributed by atoms with Crippen LogP contribution in [-0.2, 0) is 13.0 Å². The highest BCUT2D eigenvalue weighted by atomic mass is 16.2. The molecule has 0 saturated carbocycles. The highest BCUT2D eigenvalue weighted by molar-refractivity contribution is 6.04. The van der Waals surface area contributed by atoms with Gasteiger partial charge in [-0.3, -0.25) is 4.79 Å². The molecule has 3 aromatic rings. The molecule has 4 rings (SSSR count). The van der Waals surface area contributed by atoms with E-state index >= 15 is 0 Å². The summed E-state index contributed by atoms with van der Waals surface area (Å²) in [6, 6.07) is 5.27. The van der Waals surface area contributed by atoms with E-state index in [4.69, 9.17) is 0 Å². The summed E-state index contributed by atoms with van der Waals surface area (Å²) in [5.74, 6) is -0.0869. The summed E-state index contributed by atoms with van der Waals surface area (Å²) >= 11 is 0. The molecule has 0 fully saturated rings. The van der Waals surface area contributed by atoms with Crippen molar-refractivity contribution < 1.29 is 4.79 Å². The Kier molecular flexibility index (Phi) is 2.47. The van der Waals surface area contributed by atoms with Crippen molar-refractivity contribution in [1.82, 2.24) is 24.8 Å². The number of nitrogens with zero attached hydrogens (tertiary/aromatic N) is 2. The number of benzene rings is 1. The highest BCUT2D eigenvalue weighted by Crippen LogP contribution is 2.20. The fourth-order valence-corrected chi connectivity index (χ4v) is 2.79. The summed E-state index contributed by atoms with van der Waals surface area (Å²) in [6.07, 6.45) is 2.40. The average Bonchev–Trinajstić information content (AvgIpc) is 3.09. The molecule has 7 heteroatoms. The van der Waals surface area contributed by atoms with Gasteiger partial charge in [0.15, 0.2) is 0 Å². The number of H-pyrrole nitrogens is 3. The third-order valence-corrected chi connectivity index (χ3v) is 3.84. The number of carbonyl (C=O) groups excluding carboxylic acids is 1. The van der Waals surface area contributed by atoms with Crippen LogP contribution in [0.3, 0.4) is 0 Å². The molecular formula is C14H13N5O2. The minimum Gasteiger partial charge on any atom is -0.347 e. The molecular weight excluding hydrogens is 270 g/mol. The third kappa shape index (κ3) is 1.85. The van der Waals surface area contributed by atoms with E-state index in [0.29, 0.717) is 29.7 Å². The van der Waals surface area contributed by atoms with E-state index in [1.807, 2.05) is 0 Å². The molecule has 0 atom stereocenters. The molecule has 106 valence electrons. The molecule has 1 amide bonds. The first-order valence-corrected chi connectivity index (χ1v) is 6.74. The molecule has 0 aliphatic carbocycles. The molecule has 2 aromatic heterocycles. The van der Waals surface area contributed by atoms with E-state index in [2.05, 4.69) is 19.9 Å². The quantitative estimate of drug-likeness (QED) is 0.615. The van der Waals surface area contributed by atoms with E-state index in [9.17, 15) is 9.59 Å². The largest absolute Gasteiger partial charge is 0.347 e. The predicted molar refractivity (Wildman–Crippen MR) is 76.0 cm³/mol. The fraction of sp³-hybridized carbons (Fsp3) is 0.214. The third-order valence-electron chi connectivity index (χ3n) is 3.84. The number of rotatable bonds is 1. The number of fused-ring (bicyclic) bond motifs is 2. The van der Waals surface area contributed by atoms with Crippen molar-refractivity contribution in [2.75, 3.05) is 6.54 Å². The number of aromatic nitrogens is 4. The Morgan fingerprint density at radius 2 is 2.19 bits per heavy atom. The van der Waals surface area contributed by atoms with Crippen molar-refractivity contribution in [3.8, 4) is 0 Å². The lowest BCUT2D eigenvalue weighted by molar-refractivity contribution is 0.0733. The molecule has 7 nitrogen and oxygen atoms in total. The lowest BCUT2D eigenvalue weighted by Gasteiger charge is -2.26. The molecule has 3 heterocycles. The smallest absolute Gasteiger partial charge is 0.323 e. The van der Waals surface area contributed by atoms with Crippen molar-refractivity contribution in [3.63, 3.8) is 0 Å². The van der Waals surface area contributed by atoms with Gasteiger partial charge in [0.1, 0.15) is 0 Å². The van der Waals surface area contributed by atoms with Gasteiger partial charge >= 0.3 is 5.69 Å². The molecule has 0 unspecified atom stereocenters. The van der Waals surface area contributed by atoms with Gasteiger partial charge in [-0.1, -0.05) is 6.07 Å². The van der Waals surface area contributed by atoms with Gasteiger partial charge < -0.3 is 19.9 Å². The first-order valence-electron chi connectivity index (χ1n) is 6.74. The van der Waals surface area contributed by atoms with Crippen molar-refractivity contribution >= 4 is 16.9 Å². The van der Waals surface area contributed by atoms with Gasteiger partial charge in [-0.15, -0.1) is 0 Å². The lowest BCUT2D eigenvalue weighted by atomic mass is 10.1. The van der Waals surface area contributed by atoms with Gasteiger partial charge in [-0.2, -0.15) is 0 Å².